The molecule has 0 spiro atoms. The van der Waals surface area contributed by atoms with Crippen LogP contribution in [0.15, 0.2) is 53.4 Å². The summed E-state index contributed by atoms with van der Waals surface area (Å²) in [4.78, 5) is 24.5. The van der Waals surface area contributed by atoms with E-state index in [2.05, 4.69) is 0 Å². The van der Waals surface area contributed by atoms with Crippen molar-refractivity contribution in [3.63, 3.8) is 0 Å². The van der Waals surface area contributed by atoms with Gasteiger partial charge in [0.15, 0.2) is 0 Å². The maximum atomic E-state index is 12.8. The van der Waals surface area contributed by atoms with Crippen molar-refractivity contribution < 1.29 is 22.9 Å². The van der Waals surface area contributed by atoms with Gasteiger partial charge in [0.1, 0.15) is 0 Å². The van der Waals surface area contributed by atoms with Gasteiger partial charge in [0.05, 0.1) is 16.4 Å². The molecular formula is C19H21N3O6S. The van der Waals surface area contributed by atoms with Gasteiger partial charge < -0.3 is 9.64 Å². The fraction of sp³-hybridized carbons (Fsp3) is 0.316. The molecule has 0 unspecified atom stereocenters. The van der Waals surface area contributed by atoms with Gasteiger partial charge in [-0.3, -0.25) is 14.9 Å². The van der Waals surface area contributed by atoms with Crippen molar-refractivity contribution in [2.24, 2.45) is 0 Å². The Labute approximate surface area is 168 Å². The lowest BCUT2D eigenvalue weighted by molar-refractivity contribution is -0.385. The zero-order chi connectivity index (χ0) is 21.0. The Kier molecular flexibility index (Phi) is 6.26. The van der Waals surface area contributed by atoms with Crippen LogP contribution in [0.2, 0.25) is 0 Å². The average Bonchev–Trinajstić information content (AvgIpc) is 2.74. The molecule has 1 heterocycles. The molecule has 0 aromatic heterocycles. The summed E-state index contributed by atoms with van der Waals surface area (Å²) in [6.07, 6.45) is 0. The molecule has 0 bridgehead atoms. The Hall–Kier alpha value is -2.82. The molecular weight excluding hydrogens is 398 g/mol. The second-order valence-corrected chi connectivity index (χ2v) is 8.52. The van der Waals surface area contributed by atoms with E-state index in [1.54, 1.807) is 30.2 Å². The molecule has 154 valence electrons. The van der Waals surface area contributed by atoms with E-state index < -0.39 is 14.9 Å². The maximum Gasteiger partial charge on any atom is 0.270 e. The minimum absolute atomic E-state index is 0.120. The van der Waals surface area contributed by atoms with Crippen molar-refractivity contribution >= 4 is 21.6 Å². The van der Waals surface area contributed by atoms with Gasteiger partial charge in [-0.25, -0.2) is 8.42 Å². The number of non-ortho nitro benzene ring substituents is 1. The molecule has 0 radical (unpaired) electrons. The van der Waals surface area contributed by atoms with Crippen molar-refractivity contribution in [1.29, 1.82) is 0 Å². The second-order valence-electron chi connectivity index (χ2n) is 6.58. The lowest BCUT2D eigenvalue weighted by Crippen LogP contribution is -2.50. The standard InChI is InChI=1S/C19H21N3O6S/c1-28-14-15-4-2-5-16(12-15)19(23)20-8-10-21(11-9-20)29(26,27)18-7-3-6-17(13-18)22(24)25/h2-7,12-13H,8-11,14H2,1H3. The number of hydrogen-bond acceptors (Lipinski definition) is 6. The third-order valence-electron chi connectivity index (χ3n) is 4.68. The first-order chi connectivity index (χ1) is 13.8. The number of methoxy groups -OCH3 is 1. The molecule has 1 fully saturated rings. The quantitative estimate of drug-likeness (QED) is 0.522. The fourth-order valence-electron chi connectivity index (χ4n) is 3.18. The minimum atomic E-state index is -3.87. The Morgan fingerprint density at radius 2 is 1.79 bits per heavy atom. The molecule has 2 aromatic carbocycles. The first kappa shape index (κ1) is 20.9. The zero-order valence-corrected chi connectivity index (χ0v) is 16.7. The van der Waals surface area contributed by atoms with Crippen LogP contribution in [0.3, 0.4) is 0 Å². The summed E-state index contributed by atoms with van der Waals surface area (Å²) in [6.45, 7) is 1.11. The van der Waals surface area contributed by atoms with Gasteiger partial charge in [0.25, 0.3) is 11.6 Å². The highest BCUT2D eigenvalue weighted by atomic mass is 32.2. The number of rotatable bonds is 6. The normalized spacial score (nSPS) is 15.3. The third kappa shape index (κ3) is 4.61. The van der Waals surface area contributed by atoms with E-state index in [0.29, 0.717) is 12.2 Å². The maximum absolute atomic E-state index is 12.8. The van der Waals surface area contributed by atoms with E-state index >= 15 is 0 Å². The highest BCUT2D eigenvalue weighted by Crippen LogP contribution is 2.22. The topological polar surface area (TPSA) is 110 Å². The van der Waals surface area contributed by atoms with Crippen molar-refractivity contribution in [2.75, 3.05) is 33.3 Å². The van der Waals surface area contributed by atoms with Crippen LogP contribution < -0.4 is 0 Å². The van der Waals surface area contributed by atoms with Crippen LogP contribution in [0.5, 0.6) is 0 Å². The van der Waals surface area contributed by atoms with Crippen LogP contribution in [0.1, 0.15) is 15.9 Å². The number of sulfonamides is 1. The van der Waals surface area contributed by atoms with Gasteiger partial charge in [0, 0.05) is 51.0 Å². The molecule has 0 atom stereocenters. The van der Waals surface area contributed by atoms with E-state index in [4.69, 9.17) is 4.74 Å². The zero-order valence-electron chi connectivity index (χ0n) is 15.9. The second kappa shape index (κ2) is 8.68. The van der Waals surface area contributed by atoms with Gasteiger partial charge in [0.2, 0.25) is 10.0 Å². The Bertz CT molecular complexity index is 1020. The van der Waals surface area contributed by atoms with Gasteiger partial charge in [-0.05, 0) is 23.8 Å². The highest BCUT2D eigenvalue weighted by molar-refractivity contribution is 7.89. The van der Waals surface area contributed by atoms with E-state index in [9.17, 15) is 23.3 Å². The van der Waals surface area contributed by atoms with Crippen LogP contribution >= 0.6 is 0 Å². The number of hydrogen-bond donors (Lipinski definition) is 0. The van der Waals surface area contributed by atoms with Crippen molar-refractivity contribution in [3.05, 3.63) is 69.8 Å². The summed E-state index contributed by atoms with van der Waals surface area (Å²) in [5.41, 5.74) is 1.12. The summed E-state index contributed by atoms with van der Waals surface area (Å²) in [6, 6.07) is 12.1. The smallest absolute Gasteiger partial charge is 0.270 e. The number of nitro groups is 1. The molecule has 1 aliphatic rings. The van der Waals surface area contributed by atoms with Crippen molar-refractivity contribution in [3.8, 4) is 0 Å². The summed E-state index contributed by atoms with van der Waals surface area (Å²) < 4.78 is 32.0. The van der Waals surface area contributed by atoms with Crippen LogP contribution in [-0.4, -0.2) is 61.7 Å². The van der Waals surface area contributed by atoms with Crippen LogP contribution in [0.25, 0.3) is 0 Å². The van der Waals surface area contributed by atoms with Gasteiger partial charge in [-0.15, -0.1) is 0 Å². The molecule has 1 amide bonds. The summed E-state index contributed by atoms with van der Waals surface area (Å²) in [5.74, 6) is -0.171. The predicted octanol–water partition coefficient (Wildman–Crippen LogP) is 1.89. The Morgan fingerprint density at radius 1 is 1.10 bits per heavy atom. The number of piperazine rings is 1. The van der Waals surface area contributed by atoms with E-state index in [-0.39, 0.29) is 42.7 Å². The van der Waals surface area contributed by atoms with E-state index in [1.807, 2.05) is 6.07 Å². The SMILES string of the molecule is COCc1cccc(C(=O)N2CCN(S(=O)(=O)c3cccc([N+](=O)[O-])c3)CC2)c1. The number of carbonyl (C=O) groups excluding carboxylic acids is 1. The van der Waals surface area contributed by atoms with Crippen LogP contribution in [0.4, 0.5) is 5.69 Å². The lowest BCUT2D eigenvalue weighted by atomic mass is 10.1. The van der Waals surface area contributed by atoms with Crippen LogP contribution in [0, 0.1) is 10.1 Å². The molecule has 0 N–H and O–H groups in total. The number of nitrogens with zero attached hydrogens (tertiary/aromatic N) is 3. The van der Waals surface area contributed by atoms with Gasteiger partial charge in [-0.1, -0.05) is 18.2 Å². The Balaban J connectivity index is 1.70. The molecule has 29 heavy (non-hydrogen) atoms. The van der Waals surface area contributed by atoms with Gasteiger partial charge >= 0.3 is 0 Å². The van der Waals surface area contributed by atoms with Crippen molar-refractivity contribution in [2.45, 2.75) is 11.5 Å². The number of carbonyl (C=O) groups is 1. The monoisotopic (exact) mass is 419 g/mol. The number of nitro benzene ring substituents is 1. The number of amides is 1. The fourth-order valence-corrected chi connectivity index (χ4v) is 4.64. The lowest BCUT2D eigenvalue weighted by Gasteiger charge is -2.34. The third-order valence-corrected chi connectivity index (χ3v) is 6.57. The molecule has 1 aliphatic heterocycles. The van der Waals surface area contributed by atoms with Crippen LogP contribution in [-0.2, 0) is 21.4 Å². The highest BCUT2D eigenvalue weighted by Gasteiger charge is 2.31. The predicted molar refractivity (Wildman–Crippen MR) is 105 cm³/mol. The van der Waals surface area contributed by atoms with Crippen molar-refractivity contribution in [1.82, 2.24) is 9.21 Å². The van der Waals surface area contributed by atoms with E-state index in [1.165, 1.54) is 22.5 Å². The number of benzene rings is 2. The molecule has 10 heteroatoms. The van der Waals surface area contributed by atoms with E-state index in [0.717, 1.165) is 11.6 Å². The molecule has 1 saturated heterocycles. The summed E-state index contributed by atoms with van der Waals surface area (Å²) in [7, 11) is -2.29. The molecule has 0 saturated carbocycles. The number of ether oxygens (including phenoxy) is 1. The first-order valence-corrected chi connectivity index (χ1v) is 10.4. The molecule has 0 aliphatic carbocycles. The van der Waals surface area contributed by atoms with Gasteiger partial charge in [-0.2, -0.15) is 4.31 Å². The molecule has 2 aromatic rings. The molecule has 9 nitrogen and oxygen atoms in total. The largest absolute Gasteiger partial charge is 0.380 e. The summed E-state index contributed by atoms with van der Waals surface area (Å²) >= 11 is 0. The summed E-state index contributed by atoms with van der Waals surface area (Å²) in [5, 5.41) is 10.9. The molecule has 3 rings (SSSR count). The minimum Gasteiger partial charge on any atom is -0.380 e. The Morgan fingerprint density at radius 3 is 2.45 bits per heavy atom. The average molecular weight is 419 g/mol. The first-order valence-electron chi connectivity index (χ1n) is 8.94.